The number of ether oxygens (including phenoxy) is 1. The van der Waals surface area contributed by atoms with E-state index in [1.807, 2.05) is 24.3 Å². The van der Waals surface area contributed by atoms with Crippen LogP contribution in [0.5, 0.6) is 0 Å². The molecule has 1 saturated heterocycles. The molecule has 1 aromatic carbocycles. The van der Waals surface area contributed by atoms with Crippen LogP contribution in [0.3, 0.4) is 0 Å². The first kappa shape index (κ1) is 12.4. The van der Waals surface area contributed by atoms with Crippen molar-refractivity contribution >= 4 is 29.4 Å². The van der Waals surface area contributed by atoms with Gasteiger partial charge in [-0.3, -0.25) is 9.78 Å². The number of para-hydroxylation sites is 1. The van der Waals surface area contributed by atoms with Crippen LogP contribution in [0.1, 0.15) is 10.4 Å². The van der Waals surface area contributed by atoms with Crippen LogP contribution in [0.4, 0.5) is 0 Å². The first-order valence-electron chi connectivity index (χ1n) is 6.20. The molecule has 3 rings (SSSR count). The summed E-state index contributed by atoms with van der Waals surface area (Å²) in [5, 5.41) is 0.937. The first-order chi connectivity index (χ1) is 9.25. The van der Waals surface area contributed by atoms with Crippen molar-refractivity contribution in [3.63, 3.8) is 0 Å². The van der Waals surface area contributed by atoms with Crippen molar-refractivity contribution < 1.29 is 9.53 Å². The molecule has 0 unspecified atom stereocenters. The maximum absolute atomic E-state index is 12.3. The second-order valence-electron chi connectivity index (χ2n) is 4.48. The highest BCUT2D eigenvalue weighted by atomic mass is 32.1. The van der Waals surface area contributed by atoms with Gasteiger partial charge in [0.25, 0.3) is 5.91 Å². The maximum Gasteiger partial charge on any atom is 0.255 e. The van der Waals surface area contributed by atoms with E-state index in [4.69, 9.17) is 4.74 Å². The Morgan fingerprint density at radius 1 is 1.32 bits per heavy atom. The van der Waals surface area contributed by atoms with Gasteiger partial charge in [-0.15, -0.1) is 12.6 Å². The lowest BCUT2D eigenvalue weighted by Crippen LogP contribution is -2.40. The molecule has 1 fully saturated rings. The Labute approximate surface area is 116 Å². The molecule has 2 aromatic rings. The van der Waals surface area contributed by atoms with Gasteiger partial charge in [-0.25, -0.2) is 0 Å². The lowest BCUT2D eigenvalue weighted by atomic mass is 10.1. The number of aromatic nitrogens is 1. The van der Waals surface area contributed by atoms with Crippen molar-refractivity contribution in [3.05, 3.63) is 36.0 Å². The topological polar surface area (TPSA) is 42.4 Å². The fourth-order valence-corrected chi connectivity index (χ4v) is 2.48. The average molecular weight is 274 g/mol. The van der Waals surface area contributed by atoms with Gasteiger partial charge in [-0.05, 0) is 12.1 Å². The van der Waals surface area contributed by atoms with Gasteiger partial charge in [0.2, 0.25) is 0 Å². The lowest BCUT2D eigenvalue weighted by Gasteiger charge is -2.26. The Kier molecular flexibility index (Phi) is 3.40. The van der Waals surface area contributed by atoms with Crippen molar-refractivity contribution in [2.45, 2.75) is 4.90 Å². The Morgan fingerprint density at radius 3 is 2.89 bits per heavy atom. The lowest BCUT2D eigenvalue weighted by molar-refractivity contribution is 0.0303. The molecule has 1 aliphatic heterocycles. The molecule has 0 radical (unpaired) electrons. The summed E-state index contributed by atoms with van der Waals surface area (Å²) >= 11 is 4.36. The number of hydrogen-bond acceptors (Lipinski definition) is 4. The van der Waals surface area contributed by atoms with E-state index in [9.17, 15) is 4.79 Å². The van der Waals surface area contributed by atoms with E-state index in [2.05, 4.69) is 17.6 Å². The second kappa shape index (κ2) is 5.19. The number of carbonyl (C=O) groups excluding carboxylic acids is 1. The number of thiol groups is 1. The summed E-state index contributed by atoms with van der Waals surface area (Å²) in [7, 11) is 0. The van der Waals surface area contributed by atoms with Gasteiger partial charge < -0.3 is 9.64 Å². The predicted molar refractivity (Wildman–Crippen MR) is 75.7 cm³/mol. The van der Waals surface area contributed by atoms with Crippen molar-refractivity contribution in [1.29, 1.82) is 0 Å². The molecule has 98 valence electrons. The van der Waals surface area contributed by atoms with Crippen molar-refractivity contribution in [2.24, 2.45) is 0 Å². The fourth-order valence-electron chi connectivity index (χ4n) is 2.21. The molecule has 0 N–H and O–H groups in total. The summed E-state index contributed by atoms with van der Waals surface area (Å²) in [5.74, 6) is 0.0160. The molecule has 2 heterocycles. The molecule has 4 nitrogen and oxygen atoms in total. The number of nitrogens with zero attached hydrogens (tertiary/aromatic N) is 2. The fraction of sp³-hybridized carbons (Fsp3) is 0.286. The molecular formula is C14H14N2O2S. The van der Waals surface area contributed by atoms with Gasteiger partial charge in [0, 0.05) is 29.6 Å². The van der Waals surface area contributed by atoms with Crippen LogP contribution in [-0.4, -0.2) is 42.1 Å². The molecule has 0 aliphatic carbocycles. The van der Waals surface area contributed by atoms with Gasteiger partial charge in [-0.1, -0.05) is 12.1 Å². The Hall–Kier alpha value is -1.59. The second-order valence-corrected chi connectivity index (χ2v) is 4.96. The number of amides is 1. The molecule has 0 spiro atoms. The maximum atomic E-state index is 12.3. The summed E-state index contributed by atoms with van der Waals surface area (Å²) in [4.78, 5) is 19.3. The van der Waals surface area contributed by atoms with Crippen molar-refractivity contribution in [3.8, 4) is 0 Å². The molecule has 0 atom stereocenters. The molecule has 0 saturated carbocycles. The minimum Gasteiger partial charge on any atom is -0.378 e. The van der Waals surface area contributed by atoms with E-state index >= 15 is 0 Å². The molecule has 19 heavy (non-hydrogen) atoms. The van der Waals surface area contributed by atoms with E-state index in [1.54, 1.807) is 11.1 Å². The standard InChI is InChI=1S/C14H14N2O2S/c17-14(16-4-6-18-7-5-16)11-8-10-2-1-3-12(19)13(10)15-9-11/h1-3,8-9,19H,4-7H2. The van der Waals surface area contributed by atoms with E-state index < -0.39 is 0 Å². The molecular weight excluding hydrogens is 260 g/mol. The van der Waals surface area contributed by atoms with E-state index in [0.717, 1.165) is 15.8 Å². The number of benzene rings is 1. The third-order valence-electron chi connectivity index (χ3n) is 3.23. The Morgan fingerprint density at radius 2 is 2.11 bits per heavy atom. The molecule has 1 amide bonds. The SMILES string of the molecule is O=C(c1cnc2c(S)cccc2c1)N1CCOCC1. The summed E-state index contributed by atoms with van der Waals surface area (Å²) in [6.45, 7) is 2.49. The monoisotopic (exact) mass is 274 g/mol. The zero-order valence-electron chi connectivity index (χ0n) is 10.4. The van der Waals surface area contributed by atoms with Gasteiger partial charge in [0.1, 0.15) is 0 Å². The van der Waals surface area contributed by atoms with Crippen LogP contribution in [0.15, 0.2) is 35.4 Å². The summed E-state index contributed by atoms with van der Waals surface area (Å²) in [6, 6.07) is 7.62. The van der Waals surface area contributed by atoms with Crippen LogP contribution in [0, 0.1) is 0 Å². The van der Waals surface area contributed by atoms with Crippen LogP contribution in [0.2, 0.25) is 0 Å². The zero-order valence-corrected chi connectivity index (χ0v) is 11.3. The highest BCUT2D eigenvalue weighted by Gasteiger charge is 2.19. The summed E-state index contributed by atoms with van der Waals surface area (Å²) < 4.78 is 5.25. The van der Waals surface area contributed by atoms with Gasteiger partial charge in [-0.2, -0.15) is 0 Å². The number of fused-ring (bicyclic) bond motifs is 1. The van der Waals surface area contributed by atoms with Crippen LogP contribution in [0.25, 0.3) is 10.9 Å². The van der Waals surface area contributed by atoms with E-state index in [-0.39, 0.29) is 5.91 Å². The van der Waals surface area contributed by atoms with Gasteiger partial charge in [0.15, 0.2) is 0 Å². The van der Waals surface area contributed by atoms with Crippen molar-refractivity contribution in [2.75, 3.05) is 26.3 Å². The largest absolute Gasteiger partial charge is 0.378 e. The van der Waals surface area contributed by atoms with Crippen LogP contribution >= 0.6 is 12.6 Å². The Balaban J connectivity index is 1.94. The third-order valence-corrected chi connectivity index (χ3v) is 3.60. The van der Waals surface area contributed by atoms with Gasteiger partial charge >= 0.3 is 0 Å². The van der Waals surface area contributed by atoms with E-state index in [1.165, 1.54) is 0 Å². The van der Waals surface area contributed by atoms with Crippen molar-refractivity contribution in [1.82, 2.24) is 9.88 Å². The van der Waals surface area contributed by atoms with Crippen LogP contribution < -0.4 is 0 Å². The number of hydrogen-bond donors (Lipinski definition) is 1. The smallest absolute Gasteiger partial charge is 0.255 e. The average Bonchev–Trinajstić information content (AvgIpc) is 2.47. The minimum absolute atomic E-state index is 0.0160. The molecule has 0 bridgehead atoms. The van der Waals surface area contributed by atoms with Gasteiger partial charge in [0.05, 0.1) is 24.3 Å². The first-order valence-corrected chi connectivity index (χ1v) is 6.65. The molecule has 5 heteroatoms. The molecule has 1 aromatic heterocycles. The Bertz CT molecular complexity index is 624. The highest BCUT2D eigenvalue weighted by Crippen LogP contribution is 2.21. The number of carbonyl (C=O) groups is 1. The number of morpholine rings is 1. The van der Waals surface area contributed by atoms with Crippen LogP contribution in [-0.2, 0) is 4.74 Å². The quantitative estimate of drug-likeness (QED) is 0.809. The third kappa shape index (κ3) is 2.43. The predicted octanol–water partition coefficient (Wildman–Crippen LogP) is 2.00. The summed E-state index contributed by atoms with van der Waals surface area (Å²) in [6.07, 6.45) is 1.62. The zero-order chi connectivity index (χ0) is 13.2. The van der Waals surface area contributed by atoms with E-state index in [0.29, 0.717) is 31.9 Å². The number of pyridine rings is 1. The number of rotatable bonds is 1. The normalized spacial score (nSPS) is 15.7. The molecule has 1 aliphatic rings. The minimum atomic E-state index is 0.0160. The summed E-state index contributed by atoms with van der Waals surface area (Å²) in [5.41, 5.74) is 1.44. The highest BCUT2D eigenvalue weighted by molar-refractivity contribution is 7.80.